The summed E-state index contributed by atoms with van der Waals surface area (Å²) in [5, 5.41) is 29.9. The molecular weight excluding hydrogens is 328 g/mol. The van der Waals surface area contributed by atoms with Crippen molar-refractivity contribution in [3.63, 3.8) is 0 Å². The summed E-state index contributed by atoms with van der Waals surface area (Å²) in [4.78, 5) is 35.6. The van der Waals surface area contributed by atoms with Crippen molar-refractivity contribution in [2.75, 3.05) is 0 Å². The lowest BCUT2D eigenvalue weighted by Gasteiger charge is -2.26. The molecule has 0 radical (unpaired) electrons. The van der Waals surface area contributed by atoms with Gasteiger partial charge < -0.3 is 20.1 Å². The fourth-order valence-corrected chi connectivity index (χ4v) is 3.56. The van der Waals surface area contributed by atoms with Crippen LogP contribution in [0.5, 0.6) is 17.2 Å². The molecule has 1 aromatic rings. The molecule has 1 atom stereocenters. The highest BCUT2D eigenvalue weighted by Crippen LogP contribution is 2.58. The number of ketones is 2. The third-order valence-corrected chi connectivity index (χ3v) is 4.94. The zero-order valence-corrected chi connectivity index (χ0v) is 13.9. The van der Waals surface area contributed by atoms with Crippen molar-refractivity contribution in [2.45, 2.75) is 32.8 Å². The predicted octanol–water partition coefficient (Wildman–Crippen LogP) is 2.13. The molecule has 1 aliphatic heterocycles. The first-order valence-corrected chi connectivity index (χ1v) is 7.50. The van der Waals surface area contributed by atoms with Crippen LogP contribution in [0.3, 0.4) is 0 Å². The number of hydrogen-bond acceptors (Lipinski definition) is 6. The molecule has 0 aromatic heterocycles. The summed E-state index contributed by atoms with van der Waals surface area (Å²) in [5.41, 5.74) is -1.47. The number of carboxylic acid groups (broad SMARTS) is 1. The first-order chi connectivity index (χ1) is 11.5. The van der Waals surface area contributed by atoms with Gasteiger partial charge in [0.15, 0.2) is 17.2 Å². The molecule has 0 fully saturated rings. The normalized spacial score (nSPS) is 21.7. The largest absolute Gasteiger partial charge is 0.507 e. The van der Waals surface area contributed by atoms with Crippen LogP contribution in [0.1, 0.15) is 41.8 Å². The number of carbonyl (C=O) groups is 3. The highest BCUT2D eigenvalue weighted by Gasteiger charge is 2.55. The zero-order valence-electron chi connectivity index (χ0n) is 13.9. The number of carbonyl (C=O) groups excluding carboxylic acids is 2. The first kappa shape index (κ1) is 16.8. The summed E-state index contributed by atoms with van der Waals surface area (Å²) < 4.78 is 5.86. The number of phenols is 2. The standard InChI is InChI=1S/C18H16O7/c1-6-14(21)12-8(3)18(5-10(20)11(7(18)2)17(23)24)25-16(12)13(9(4)19)15(6)22/h21-22H,3,5H2,1-2,4H3,(H,23,24)/t18-/m0/s1. The maximum Gasteiger partial charge on any atom is 0.339 e. The zero-order chi connectivity index (χ0) is 18.8. The van der Waals surface area contributed by atoms with Crippen LogP contribution in [0.15, 0.2) is 17.7 Å². The Kier molecular flexibility index (Phi) is 3.32. The number of hydrogen-bond donors (Lipinski definition) is 3. The van der Waals surface area contributed by atoms with Crippen LogP contribution in [-0.4, -0.2) is 38.5 Å². The minimum atomic E-state index is -1.48. The average Bonchev–Trinajstić information content (AvgIpc) is 2.92. The SMILES string of the molecule is C=C1c2c(O)c(C)c(O)c(C(C)=O)c2O[C@]12CC(=O)C(C(=O)O)=C2C. The van der Waals surface area contributed by atoms with E-state index in [1.54, 1.807) is 0 Å². The molecule has 3 rings (SSSR count). The topological polar surface area (TPSA) is 121 Å². The highest BCUT2D eigenvalue weighted by atomic mass is 16.5. The lowest BCUT2D eigenvalue weighted by Crippen LogP contribution is -2.32. The van der Waals surface area contributed by atoms with Gasteiger partial charge in [0.2, 0.25) is 0 Å². The summed E-state index contributed by atoms with van der Waals surface area (Å²) in [7, 11) is 0. The molecule has 0 saturated carbocycles. The van der Waals surface area contributed by atoms with E-state index in [9.17, 15) is 29.7 Å². The Morgan fingerprint density at radius 2 is 1.80 bits per heavy atom. The number of aromatic hydroxyl groups is 2. The quantitative estimate of drug-likeness (QED) is 0.555. The van der Waals surface area contributed by atoms with Crippen LogP contribution in [0, 0.1) is 6.92 Å². The number of phenolic OH excluding ortho intramolecular Hbond substituents is 2. The molecule has 2 aliphatic rings. The molecule has 1 spiro atoms. The summed E-state index contributed by atoms with van der Waals surface area (Å²) >= 11 is 0. The number of ether oxygens (including phenoxy) is 1. The van der Waals surface area contributed by atoms with E-state index in [-0.39, 0.29) is 45.8 Å². The van der Waals surface area contributed by atoms with Crippen LogP contribution in [-0.2, 0) is 9.59 Å². The van der Waals surface area contributed by atoms with Crippen LogP contribution >= 0.6 is 0 Å². The van der Waals surface area contributed by atoms with Gasteiger partial charge in [-0.1, -0.05) is 6.58 Å². The van der Waals surface area contributed by atoms with Crippen molar-refractivity contribution in [3.05, 3.63) is 34.4 Å². The van der Waals surface area contributed by atoms with Gasteiger partial charge in [0.05, 0.1) is 12.0 Å². The van der Waals surface area contributed by atoms with E-state index in [1.165, 1.54) is 20.8 Å². The fraction of sp³-hybridized carbons (Fsp3) is 0.278. The van der Waals surface area contributed by atoms with Gasteiger partial charge in [-0.05, 0) is 26.3 Å². The molecule has 1 heterocycles. The van der Waals surface area contributed by atoms with Crippen LogP contribution in [0.2, 0.25) is 0 Å². The molecule has 3 N–H and O–H groups in total. The third kappa shape index (κ3) is 1.89. The van der Waals surface area contributed by atoms with Crippen molar-refractivity contribution in [3.8, 4) is 17.2 Å². The Hall–Kier alpha value is -3.09. The third-order valence-electron chi connectivity index (χ3n) is 4.94. The summed E-state index contributed by atoms with van der Waals surface area (Å²) in [5.74, 6) is -3.31. The van der Waals surface area contributed by atoms with E-state index in [4.69, 9.17) is 4.74 Å². The van der Waals surface area contributed by atoms with E-state index in [2.05, 4.69) is 6.58 Å². The molecular formula is C18H16O7. The fourth-order valence-electron chi connectivity index (χ4n) is 3.56. The number of Topliss-reactive ketones (excluding diaryl/α,β-unsaturated/α-hetero) is 2. The van der Waals surface area contributed by atoms with Gasteiger partial charge in [-0.2, -0.15) is 0 Å². The second kappa shape index (κ2) is 4.95. The van der Waals surface area contributed by atoms with Crippen molar-refractivity contribution in [2.24, 2.45) is 0 Å². The lowest BCUT2D eigenvalue weighted by molar-refractivity contribution is -0.134. The van der Waals surface area contributed by atoms with Crippen LogP contribution < -0.4 is 4.74 Å². The maximum atomic E-state index is 12.2. The summed E-state index contributed by atoms with van der Waals surface area (Å²) in [6.45, 7) is 7.99. The van der Waals surface area contributed by atoms with Gasteiger partial charge >= 0.3 is 5.97 Å². The van der Waals surface area contributed by atoms with Gasteiger partial charge in [-0.15, -0.1) is 0 Å². The Balaban J connectivity index is 2.33. The van der Waals surface area contributed by atoms with E-state index < -0.39 is 34.5 Å². The highest BCUT2D eigenvalue weighted by molar-refractivity contribution is 6.21. The van der Waals surface area contributed by atoms with E-state index >= 15 is 0 Å². The molecule has 1 aliphatic carbocycles. The molecule has 25 heavy (non-hydrogen) atoms. The van der Waals surface area contributed by atoms with Gasteiger partial charge in [0, 0.05) is 11.1 Å². The minimum Gasteiger partial charge on any atom is -0.507 e. The van der Waals surface area contributed by atoms with Gasteiger partial charge in [0.1, 0.15) is 28.4 Å². The van der Waals surface area contributed by atoms with Gasteiger partial charge in [0.25, 0.3) is 0 Å². The number of benzene rings is 1. The molecule has 0 unspecified atom stereocenters. The molecule has 0 amide bonds. The Morgan fingerprint density at radius 3 is 2.28 bits per heavy atom. The van der Waals surface area contributed by atoms with Crippen LogP contribution in [0.25, 0.3) is 5.57 Å². The minimum absolute atomic E-state index is 0.0789. The Morgan fingerprint density at radius 1 is 1.20 bits per heavy atom. The average molecular weight is 344 g/mol. The van der Waals surface area contributed by atoms with Crippen molar-refractivity contribution < 1.29 is 34.4 Å². The van der Waals surface area contributed by atoms with Crippen molar-refractivity contribution >= 4 is 23.1 Å². The summed E-state index contributed by atoms with van der Waals surface area (Å²) in [6.07, 6.45) is -0.301. The van der Waals surface area contributed by atoms with E-state index in [1.807, 2.05) is 0 Å². The number of aliphatic carboxylic acids is 1. The van der Waals surface area contributed by atoms with E-state index in [0.29, 0.717) is 0 Å². The number of carboxylic acids is 1. The Labute approximate surface area is 142 Å². The van der Waals surface area contributed by atoms with Crippen molar-refractivity contribution in [1.29, 1.82) is 0 Å². The number of rotatable bonds is 2. The number of fused-ring (bicyclic) bond motifs is 1. The predicted molar refractivity (Wildman–Crippen MR) is 86.9 cm³/mol. The molecule has 7 nitrogen and oxygen atoms in total. The monoisotopic (exact) mass is 344 g/mol. The molecule has 7 heteroatoms. The Bertz CT molecular complexity index is 935. The van der Waals surface area contributed by atoms with Crippen molar-refractivity contribution in [1.82, 2.24) is 0 Å². The molecule has 0 bridgehead atoms. The molecule has 1 aromatic carbocycles. The lowest BCUT2D eigenvalue weighted by atomic mass is 9.84. The van der Waals surface area contributed by atoms with Gasteiger partial charge in [-0.25, -0.2) is 4.79 Å². The van der Waals surface area contributed by atoms with Crippen LogP contribution in [0.4, 0.5) is 0 Å². The maximum absolute atomic E-state index is 12.2. The van der Waals surface area contributed by atoms with Gasteiger partial charge in [-0.3, -0.25) is 9.59 Å². The smallest absolute Gasteiger partial charge is 0.339 e. The van der Waals surface area contributed by atoms with E-state index in [0.717, 1.165) is 0 Å². The first-order valence-electron chi connectivity index (χ1n) is 7.50. The summed E-state index contributed by atoms with van der Waals surface area (Å²) in [6, 6.07) is 0. The second-order valence-electron chi connectivity index (χ2n) is 6.27. The molecule has 130 valence electrons. The molecule has 0 saturated heterocycles. The second-order valence-corrected chi connectivity index (χ2v) is 6.27.